The lowest BCUT2D eigenvalue weighted by molar-refractivity contribution is -0.143. The number of carbonyl (C=O) groups is 3. The van der Waals surface area contributed by atoms with Gasteiger partial charge in [0.1, 0.15) is 0 Å². The number of hydrogen-bond acceptors (Lipinski definition) is 4. The fourth-order valence-corrected chi connectivity index (χ4v) is 1.75. The number of carbonyl (C=O) groups excluding carboxylic acids is 3. The molecule has 0 aliphatic rings. The molecule has 0 saturated heterocycles. The second-order valence-electron chi connectivity index (χ2n) is 3.70. The van der Waals surface area contributed by atoms with Gasteiger partial charge in [0.2, 0.25) is 0 Å². The first-order chi connectivity index (χ1) is 9.93. The minimum absolute atomic E-state index is 0.379. The predicted octanol–water partition coefficient (Wildman–Crippen LogP) is 2.01. The molecule has 1 aromatic rings. The van der Waals surface area contributed by atoms with E-state index in [1.165, 1.54) is 13.1 Å². The van der Waals surface area contributed by atoms with E-state index in [1.54, 1.807) is 18.2 Å². The second kappa shape index (κ2) is 8.28. The normalized spacial score (nSPS) is 10.2. The van der Waals surface area contributed by atoms with Gasteiger partial charge in [-0.15, -0.1) is 0 Å². The molecule has 0 aliphatic heterocycles. The van der Waals surface area contributed by atoms with Crippen molar-refractivity contribution in [3.05, 3.63) is 39.9 Å². The number of ether oxygens (including phenoxy) is 1. The summed E-state index contributed by atoms with van der Waals surface area (Å²) < 4.78 is 4.65. The third-order valence-corrected chi connectivity index (χ3v) is 2.87. The van der Waals surface area contributed by atoms with Crippen molar-refractivity contribution >= 4 is 47.2 Å². The fraction of sp³-hybridized carbons (Fsp3) is 0.154. The highest BCUT2D eigenvalue weighted by Crippen LogP contribution is 2.25. The summed E-state index contributed by atoms with van der Waals surface area (Å²) in [5, 5.41) is 4.89. The summed E-state index contributed by atoms with van der Waals surface area (Å²) >= 11 is 11.8. The Morgan fingerprint density at radius 3 is 2.43 bits per heavy atom. The maximum absolute atomic E-state index is 11.4. The zero-order valence-electron chi connectivity index (χ0n) is 11.0. The third-order valence-electron chi connectivity index (χ3n) is 2.21. The molecule has 1 aromatic carbocycles. The van der Waals surface area contributed by atoms with E-state index >= 15 is 0 Å². The number of rotatable bonds is 4. The summed E-state index contributed by atoms with van der Waals surface area (Å²) in [6, 6.07) is 4.22. The molecule has 0 saturated carbocycles. The second-order valence-corrected chi connectivity index (χ2v) is 4.52. The van der Waals surface area contributed by atoms with Gasteiger partial charge in [-0.2, -0.15) is 0 Å². The number of imide groups is 1. The van der Waals surface area contributed by atoms with Crippen molar-refractivity contribution in [3.8, 4) is 0 Å². The topological polar surface area (TPSA) is 84.5 Å². The molecule has 3 amide bonds. The first kappa shape index (κ1) is 17.0. The van der Waals surface area contributed by atoms with Gasteiger partial charge in [-0.05, 0) is 18.2 Å². The minimum Gasteiger partial charge on any atom is -0.452 e. The monoisotopic (exact) mass is 330 g/mol. The van der Waals surface area contributed by atoms with Gasteiger partial charge in [0.25, 0.3) is 5.91 Å². The van der Waals surface area contributed by atoms with Crippen LogP contribution >= 0.6 is 23.2 Å². The average molecular weight is 331 g/mol. The smallest absolute Gasteiger partial charge is 0.331 e. The van der Waals surface area contributed by atoms with Gasteiger partial charge >= 0.3 is 12.0 Å². The van der Waals surface area contributed by atoms with Gasteiger partial charge in [-0.3, -0.25) is 10.1 Å². The van der Waals surface area contributed by atoms with Gasteiger partial charge in [-0.25, -0.2) is 9.59 Å². The quantitative estimate of drug-likeness (QED) is 0.653. The largest absolute Gasteiger partial charge is 0.452 e. The maximum Gasteiger partial charge on any atom is 0.331 e. The van der Waals surface area contributed by atoms with Crippen LogP contribution in [0, 0.1) is 0 Å². The van der Waals surface area contributed by atoms with Crippen LogP contribution in [0.25, 0.3) is 6.08 Å². The van der Waals surface area contributed by atoms with Crippen LogP contribution in [-0.4, -0.2) is 31.6 Å². The van der Waals surface area contributed by atoms with E-state index in [1.807, 2.05) is 5.32 Å². The van der Waals surface area contributed by atoms with Crippen LogP contribution in [0.5, 0.6) is 0 Å². The van der Waals surface area contributed by atoms with E-state index < -0.39 is 24.5 Å². The Kier molecular flexibility index (Phi) is 6.71. The molecule has 0 unspecified atom stereocenters. The summed E-state index contributed by atoms with van der Waals surface area (Å²) in [6.45, 7) is -0.577. The van der Waals surface area contributed by atoms with Gasteiger partial charge in [0.15, 0.2) is 6.61 Å². The van der Waals surface area contributed by atoms with E-state index in [4.69, 9.17) is 23.2 Å². The number of urea groups is 1. The Labute approximate surface area is 131 Å². The van der Waals surface area contributed by atoms with E-state index in [-0.39, 0.29) is 0 Å². The maximum atomic E-state index is 11.4. The lowest BCUT2D eigenvalue weighted by Crippen LogP contribution is -2.39. The van der Waals surface area contributed by atoms with E-state index in [2.05, 4.69) is 10.1 Å². The predicted molar refractivity (Wildman–Crippen MR) is 79.1 cm³/mol. The first-order valence-electron chi connectivity index (χ1n) is 5.74. The van der Waals surface area contributed by atoms with Crippen molar-refractivity contribution in [1.29, 1.82) is 0 Å². The molecular weight excluding hydrogens is 319 g/mol. The lowest BCUT2D eigenvalue weighted by Gasteiger charge is -2.03. The van der Waals surface area contributed by atoms with Crippen LogP contribution in [0.15, 0.2) is 24.3 Å². The van der Waals surface area contributed by atoms with E-state index in [0.717, 1.165) is 6.08 Å². The highest BCUT2D eigenvalue weighted by molar-refractivity contribution is 6.37. The van der Waals surface area contributed by atoms with Crippen LogP contribution in [0.3, 0.4) is 0 Å². The van der Waals surface area contributed by atoms with Gasteiger partial charge in [-0.1, -0.05) is 29.3 Å². The van der Waals surface area contributed by atoms with Crippen molar-refractivity contribution in [1.82, 2.24) is 10.6 Å². The zero-order chi connectivity index (χ0) is 15.8. The molecule has 0 aliphatic carbocycles. The van der Waals surface area contributed by atoms with Gasteiger partial charge in [0.05, 0.1) is 0 Å². The molecule has 1 rings (SSSR count). The summed E-state index contributed by atoms with van der Waals surface area (Å²) in [5.41, 5.74) is 0.465. The zero-order valence-corrected chi connectivity index (χ0v) is 12.5. The third kappa shape index (κ3) is 5.85. The highest BCUT2D eigenvalue weighted by atomic mass is 35.5. The summed E-state index contributed by atoms with van der Waals surface area (Å²) in [4.78, 5) is 33.4. The number of nitrogens with one attached hydrogen (secondary N) is 2. The fourth-order valence-electron chi connectivity index (χ4n) is 1.23. The van der Waals surface area contributed by atoms with Crippen molar-refractivity contribution in [2.75, 3.05) is 13.7 Å². The van der Waals surface area contributed by atoms with Crippen molar-refractivity contribution in [2.45, 2.75) is 0 Å². The number of halogens is 2. The molecule has 6 nitrogen and oxygen atoms in total. The molecule has 0 heterocycles. The molecule has 0 bridgehead atoms. The average Bonchev–Trinajstić information content (AvgIpc) is 2.44. The molecule has 112 valence electrons. The Bertz CT molecular complexity index is 567. The Hall–Kier alpha value is -2.05. The summed E-state index contributed by atoms with van der Waals surface area (Å²) in [7, 11) is 1.35. The SMILES string of the molecule is CNC(=O)NC(=O)COC(=O)/C=C/c1c(Cl)cccc1Cl. The Morgan fingerprint density at radius 1 is 1.24 bits per heavy atom. The number of benzene rings is 1. The van der Waals surface area contributed by atoms with Crippen LogP contribution in [-0.2, 0) is 14.3 Å². The van der Waals surface area contributed by atoms with Crippen LogP contribution in [0.4, 0.5) is 4.79 Å². The molecule has 0 radical (unpaired) electrons. The van der Waals surface area contributed by atoms with Crippen LogP contribution in [0.2, 0.25) is 10.0 Å². The molecule has 21 heavy (non-hydrogen) atoms. The van der Waals surface area contributed by atoms with Crippen LogP contribution in [0.1, 0.15) is 5.56 Å². The molecular formula is C13H12Cl2N2O4. The Balaban J connectivity index is 2.52. The molecule has 0 spiro atoms. The number of hydrogen-bond donors (Lipinski definition) is 2. The molecule has 0 fully saturated rings. The van der Waals surface area contributed by atoms with Crippen LogP contribution < -0.4 is 10.6 Å². The summed E-state index contributed by atoms with van der Waals surface area (Å²) in [5.74, 6) is -1.51. The van der Waals surface area contributed by atoms with E-state index in [9.17, 15) is 14.4 Å². The Morgan fingerprint density at radius 2 is 1.86 bits per heavy atom. The molecule has 8 heteroatoms. The van der Waals surface area contributed by atoms with Gasteiger partial charge < -0.3 is 10.1 Å². The van der Waals surface area contributed by atoms with Gasteiger partial charge in [0, 0.05) is 28.7 Å². The lowest BCUT2D eigenvalue weighted by atomic mass is 10.2. The molecule has 0 aromatic heterocycles. The van der Waals surface area contributed by atoms with E-state index in [0.29, 0.717) is 15.6 Å². The van der Waals surface area contributed by atoms with Crippen molar-refractivity contribution in [3.63, 3.8) is 0 Å². The molecule has 2 N–H and O–H groups in total. The highest BCUT2D eigenvalue weighted by Gasteiger charge is 2.08. The number of esters is 1. The summed E-state index contributed by atoms with van der Waals surface area (Å²) in [6.07, 6.45) is 2.46. The number of amides is 3. The van der Waals surface area contributed by atoms with Crippen molar-refractivity contribution < 1.29 is 19.1 Å². The standard InChI is InChI=1S/C13H12Cl2N2O4/c1-16-13(20)17-11(18)7-21-12(19)6-5-8-9(14)3-2-4-10(8)15/h2-6H,7H2,1H3,(H2,16,17,18,20)/b6-5+. The first-order valence-corrected chi connectivity index (χ1v) is 6.50. The molecule has 0 atom stereocenters. The minimum atomic E-state index is -0.766. The van der Waals surface area contributed by atoms with Crippen molar-refractivity contribution in [2.24, 2.45) is 0 Å².